The first kappa shape index (κ1) is 17.9. The van der Waals surface area contributed by atoms with Crippen LogP contribution in [-0.4, -0.2) is 16.7 Å². The Bertz CT molecular complexity index is 958. The molecule has 0 unspecified atom stereocenters. The van der Waals surface area contributed by atoms with Gasteiger partial charge in [-0.2, -0.15) is 0 Å². The Hall–Kier alpha value is -2.46. The molecule has 1 spiro atoms. The largest absolute Gasteiger partial charge is 0.507 e. The van der Waals surface area contributed by atoms with E-state index in [0.29, 0.717) is 29.1 Å². The van der Waals surface area contributed by atoms with Crippen LogP contribution in [0.2, 0.25) is 5.02 Å². The standard InChI is InChI=1S/C22H22ClNO3/c1-13-10-17(14-6-5-7-15(24)11-14)18(23)12-16(13)19-20(25)22(27-21(19)26)8-3-2-4-9-22/h5-7,10-12,25H,2-4,8-9,24H2,1H3. The van der Waals surface area contributed by atoms with Crippen molar-refractivity contribution in [1.82, 2.24) is 0 Å². The first-order chi connectivity index (χ1) is 12.9. The predicted molar refractivity (Wildman–Crippen MR) is 107 cm³/mol. The highest BCUT2D eigenvalue weighted by Gasteiger charge is 2.49. The fourth-order valence-corrected chi connectivity index (χ4v) is 4.45. The summed E-state index contributed by atoms with van der Waals surface area (Å²) in [6.45, 7) is 1.90. The number of aliphatic hydroxyl groups excluding tert-OH is 1. The van der Waals surface area contributed by atoms with Crippen molar-refractivity contribution in [3.8, 4) is 11.1 Å². The molecule has 4 nitrogen and oxygen atoms in total. The van der Waals surface area contributed by atoms with Crippen LogP contribution in [-0.2, 0) is 9.53 Å². The minimum atomic E-state index is -0.851. The van der Waals surface area contributed by atoms with Gasteiger partial charge in [0.1, 0.15) is 5.57 Å². The normalized spacial score (nSPS) is 18.8. The molecule has 2 aromatic rings. The van der Waals surface area contributed by atoms with E-state index in [0.717, 1.165) is 36.0 Å². The Morgan fingerprint density at radius 2 is 1.85 bits per heavy atom. The Morgan fingerprint density at radius 1 is 1.11 bits per heavy atom. The van der Waals surface area contributed by atoms with Crippen LogP contribution in [0, 0.1) is 6.92 Å². The van der Waals surface area contributed by atoms with E-state index in [4.69, 9.17) is 22.1 Å². The number of ether oxygens (including phenoxy) is 1. The van der Waals surface area contributed by atoms with Gasteiger partial charge >= 0.3 is 5.97 Å². The lowest BCUT2D eigenvalue weighted by Crippen LogP contribution is -2.34. The molecular formula is C22H22ClNO3. The van der Waals surface area contributed by atoms with E-state index < -0.39 is 11.6 Å². The number of hydrogen-bond donors (Lipinski definition) is 2. The second-order valence-corrected chi connectivity index (χ2v) is 7.85. The van der Waals surface area contributed by atoms with E-state index in [1.54, 1.807) is 6.07 Å². The highest BCUT2D eigenvalue weighted by atomic mass is 35.5. The van der Waals surface area contributed by atoms with Gasteiger partial charge in [-0.05, 0) is 73.6 Å². The quantitative estimate of drug-likeness (QED) is 0.536. The second-order valence-electron chi connectivity index (χ2n) is 7.44. The zero-order chi connectivity index (χ0) is 19.2. The monoisotopic (exact) mass is 383 g/mol. The number of nitrogen functional groups attached to an aromatic ring is 1. The molecule has 1 heterocycles. The number of aliphatic hydroxyl groups is 1. The molecule has 1 aliphatic heterocycles. The third-order valence-electron chi connectivity index (χ3n) is 5.60. The molecule has 0 saturated heterocycles. The zero-order valence-corrected chi connectivity index (χ0v) is 16.0. The maximum absolute atomic E-state index is 12.6. The SMILES string of the molecule is Cc1cc(-c2cccc(N)c2)c(Cl)cc1C1=C(O)C2(CCCCC2)OC1=O. The molecule has 2 aliphatic rings. The number of esters is 1. The lowest BCUT2D eigenvalue weighted by molar-refractivity contribution is -0.149. The van der Waals surface area contributed by atoms with Crippen LogP contribution in [0.1, 0.15) is 43.2 Å². The maximum Gasteiger partial charge on any atom is 0.343 e. The fourth-order valence-electron chi connectivity index (χ4n) is 4.18. The van der Waals surface area contributed by atoms with Crippen LogP contribution < -0.4 is 5.73 Å². The van der Waals surface area contributed by atoms with Crippen molar-refractivity contribution < 1.29 is 14.6 Å². The Morgan fingerprint density at radius 3 is 2.56 bits per heavy atom. The van der Waals surface area contributed by atoms with Crippen molar-refractivity contribution in [2.24, 2.45) is 0 Å². The van der Waals surface area contributed by atoms with Crippen molar-refractivity contribution in [2.45, 2.75) is 44.6 Å². The topological polar surface area (TPSA) is 72.6 Å². The fraction of sp³-hybridized carbons (Fsp3) is 0.318. The Labute approximate surface area is 163 Å². The zero-order valence-electron chi connectivity index (χ0n) is 15.2. The summed E-state index contributed by atoms with van der Waals surface area (Å²) in [5.74, 6) is -0.409. The van der Waals surface area contributed by atoms with Gasteiger partial charge in [-0.25, -0.2) is 4.79 Å². The van der Waals surface area contributed by atoms with Crippen LogP contribution in [0.25, 0.3) is 16.7 Å². The summed E-state index contributed by atoms with van der Waals surface area (Å²) >= 11 is 6.54. The van der Waals surface area contributed by atoms with Crippen LogP contribution in [0.5, 0.6) is 0 Å². The van der Waals surface area contributed by atoms with E-state index in [9.17, 15) is 9.90 Å². The molecular weight excluding hydrogens is 362 g/mol. The number of carbonyl (C=O) groups is 1. The van der Waals surface area contributed by atoms with Gasteiger partial charge in [0.2, 0.25) is 0 Å². The lowest BCUT2D eigenvalue weighted by atomic mass is 9.82. The first-order valence-electron chi connectivity index (χ1n) is 9.25. The summed E-state index contributed by atoms with van der Waals surface area (Å²) in [4.78, 5) is 12.6. The van der Waals surface area contributed by atoms with Crippen molar-refractivity contribution in [1.29, 1.82) is 0 Å². The van der Waals surface area contributed by atoms with Gasteiger partial charge < -0.3 is 15.6 Å². The number of rotatable bonds is 2. The van der Waals surface area contributed by atoms with Crippen molar-refractivity contribution in [3.05, 3.63) is 58.3 Å². The minimum Gasteiger partial charge on any atom is -0.507 e. The number of carbonyl (C=O) groups excluding carboxylic acids is 1. The highest BCUT2D eigenvalue weighted by Crippen LogP contribution is 2.46. The molecule has 0 amide bonds. The summed E-state index contributed by atoms with van der Waals surface area (Å²) in [6.07, 6.45) is 4.32. The average molecular weight is 384 g/mol. The molecule has 0 atom stereocenters. The van der Waals surface area contributed by atoms with E-state index in [-0.39, 0.29) is 11.3 Å². The van der Waals surface area contributed by atoms with Gasteiger partial charge in [-0.1, -0.05) is 30.2 Å². The Balaban J connectivity index is 1.81. The van der Waals surface area contributed by atoms with Crippen molar-refractivity contribution >= 4 is 28.8 Å². The van der Waals surface area contributed by atoms with Crippen LogP contribution in [0.15, 0.2) is 42.2 Å². The van der Waals surface area contributed by atoms with Gasteiger partial charge in [0.05, 0.1) is 0 Å². The lowest BCUT2D eigenvalue weighted by Gasteiger charge is -2.31. The number of aryl methyl sites for hydroxylation is 1. The maximum atomic E-state index is 12.6. The third kappa shape index (κ3) is 2.98. The summed E-state index contributed by atoms with van der Waals surface area (Å²) < 4.78 is 5.67. The van der Waals surface area contributed by atoms with Crippen LogP contribution in [0.4, 0.5) is 5.69 Å². The van der Waals surface area contributed by atoms with Crippen molar-refractivity contribution in [2.75, 3.05) is 5.73 Å². The van der Waals surface area contributed by atoms with Gasteiger partial charge in [0.25, 0.3) is 0 Å². The second kappa shape index (κ2) is 6.61. The molecule has 0 radical (unpaired) electrons. The molecule has 3 N–H and O–H groups in total. The summed E-state index contributed by atoms with van der Waals surface area (Å²) in [5.41, 5.74) is 9.15. The molecule has 1 aliphatic carbocycles. The molecule has 5 heteroatoms. The molecule has 140 valence electrons. The molecule has 4 rings (SSSR count). The predicted octanol–water partition coefficient (Wildman–Crippen LogP) is 5.43. The van der Waals surface area contributed by atoms with E-state index in [1.165, 1.54) is 0 Å². The number of anilines is 1. The molecule has 27 heavy (non-hydrogen) atoms. The van der Waals surface area contributed by atoms with E-state index in [2.05, 4.69) is 0 Å². The average Bonchev–Trinajstić information content (AvgIpc) is 2.87. The summed E-state index contributed by atoms with van der Waals surface area (Å²) in [5, 5.41) is 11.4. The Kier molecular flexibility index (Phi) is 4.39. The third-order valence-corrected chi connectivity index (χ3v) is 5.92. The molecule has 1 fully saturated rings. The summed E-state index contributed by atoms with van der Waals surface area (Å²) in [7, 11) is 0. The van der Waals surface area contributed by atoms with Gasteiger partial charge in [0.15, 0.2) is 11.4 Å². The smallest absolute Gasteiger partial charge is 0.343 e. The number of benzene rings is 2. The molecule has 2 aromatic carbocycles. The summed E-state index contributed by atoms with van der Waals surface area (Å²) in [6, 6.07) is 11.2. The van der Waals surface area contributed by atoms with Gasteiger partial charge in [0, 0.05) is 16.3 Å². The number of hydrogen-bond acceptors (Lipinski definition) is 4. The van der Waals surface area contributed by atoms with E-state index in [1.807, 2.05) is 37.3 Å². The highest BCUT2D eigenvalue weighted by molar-refractivity contribution is 6.34. The van der Waals surface area contributed by atoms with Crippen LogP contribution >= 0.6 is 11.6 Å². The molecule has 1 saturated carbocycles. The van der Waals surface area contributed by atoms with Crippen LogP contribution in [0.3, 0.4) is 0 Å². The molecule has 0 aromatic heterocycles. The number of nitrogens with two attached hydrogens (primary N) is 1. The van der Waals surface area contributed by atoms with Gasteiger partial charge in [-0.3, -0.25) is 0 Å². The van der Waals surface area contributed by atoms with E-state index >= 15 is 0 Å². The van der Waals surface area contributed by atoms with Gasteiger partial charge in [-0.15, -0.1) is 0 Å². The first-order valence-corrected chi connectivity index (χ1v) is 9.62. The molecule has 0 bridgehead atoms. The minimum absolute atomic E-state index is 0.0584. The van der Waals surface area contributed by atoms with Crippen molar-refractivity contribution in [3.63, 3.8) is 0 Å². The number of halogens is 1.